The smallest absolute Gasteiger partial charge is 0.325 e. The van der Waals surface area contributed by atoms with Gasteiger partial charge in [-0.15, -0.1) is 0 Å². The number of esters is 1. The van der Waals surface area contributed by atoms with Crippen LogP contribution in [-0.4, -0.2) is 58.1 Å². The van der Waals surface area contributed by atoms with Crippen molar-refractivity contribution in [3.63, 3.8) is 0 Å². The van der Waals surface area contributed by atoms with Crippen molar-refractivity contribution in [1.29, 1.82) is 0 Å². The molecule has 0 unspecified atom stereocenters. The number of hydrogen-bond donors (Lipinski definition) is 1. The molecule has 0 saturated carbocycles. The predicted octanol–water partition coefficient (Wildman–Crippen LogP) is 2.28. The van der Waals surface area contributed by atoms with E-state index in [1.54, 1.807) is 18.2 Å². The van der Waals surface area contributed by atoms with E-state index in [9.17, 15) is 18.0 Å². The fourth-order valence-electron chi connectivity index (χ4n) is 3.23. The zero-order valence-electron chi connectivity index (χ0n) is 16.6. The number of nitrogens with zero attached hydrogens (tertiary/aromatic N) is 1. The van der Waals surface area contributed by atoms with Gasteiger partial charge < -0.3 is 14.4 Å². The molecule has 1 N–H and O–H groups in total. The first kappa shape index (κ1) is 21.8. The first-order valence-electron chi connectivity index (χ1n) is 9.54. The summed E-state index contributed by atoms with van der Waals surface area (Å²) in [5.74, 6) is -0.813. The van der Waals surface area contributed by atoms with E-state index in [1.807, 2.05) is 0 Å². The van der Waals surface area contributed by atoms with Gasteiger partial charge in [0, 0.05) is 30.5 Å². The fourth-order valence-corrected chi connectivity index (χ4v) is 4.31. The topological polar surface area (TPSA) is 102 Å². The molecule has 30 heavy (non-hydrogen) atoms. The summed E-state index contributed by atoms with van der Waals surface area (Å²) in [4.78, 5) is 26.5. The quantitative estimate of drug-likeness (QED) is 0.674. The Kier molecular flexibility index (Phi) is 7.07. The average molecular weight is 432 g/mol. The van der Waals surface area contributed by atoms with Crippen LogP contribution in [0.3, 0.4) is 0 Å². The molecular weight excluding hydrogens is 408 g/mol. The van der Waals surface area contributed by atoms with Crippen LogP contribution in [0.1, 0.15) is 23.2 Å². The lowest BCUT2D eigenvalue weighted by Gasteiger charge is -2.33. The lowest BCUT2D eigenvalue weighted by molar-refractivity contribution is -0.142. The highest BCUT2D eigenvalue weighted by molar-refractivity contribution is 7.92. The summed E-state index contributed by atoms with van der Waals surface area (Å²) in [6, 6.07) is 14.0. The van der Waals surface area contributed by atoms with Gasteiger partial charge in [0.25, 0.3) is 15.9 Å². The second kappa shape index (κ2) is 9.73. The summed E-state index contributed by atoms with van der Waals surface area (Å²) in [5.41, 5.74) is 0.689. The molecule has 1 aliphatic heterocycles. The molecule has 0 atom stereocenters. The molecule has 160 valence electrons. The number of ether oxygens (including phenoxy) is 2. The molecule has 9 heteroatoms. The van der Waals surface area contributed by atoms with Crippen LogP contribution in [0.4, 0.5) is 5.69 Å². The Bertz CT molecular complexity index is 970. The van der Waals surface area contributed by atoms with Crippen LogP contribution in [0, 0.1) is 0 Å². The Hall–Kier alpha value is -2.91. The van der Waals surface area contributed by atoms with Crippen LogP contribution < -0.4 is 4.72 Å². The van der Waals surface area contributed by atoms with Gasteiger partial charge in [0.15, 0.2) is 0 Å². The Morgan fingerprint density at radius 1 is 1.07 bits per heavy atom. The highest BCUT2D eigenvalue weighted by Gasteiger charge is 2.28. The average Bonchev–Trinajstić information content (AvgIpc) is 2.78. The normalized spacial score (nSPS) is 14.7. The number of amides is 1. The summed E-state index contributed by atoms with van der Waals surface area (Å²) in [6.45, 7) is 0.897. The highest BCUT2D eigenvalue weighted by Crippen LogP contribution is 2.20. The summed E-state index contributed by atoms with van der Waals surface area (Å²) in [7, 11) is -2.44. The van der Waals surface area contributed by atoms with Crippen LogP contribution in [0.15, 0.2) is 59.5 Å². The van der Waals surface area contributed by atoms with Gasteiger partial charge in [-0.3, -0.25) is 14.3 Å². The maximum atomic E-state index is 13.1. The summed E-state index contributed by atoms with van der Waals surface area (Å²) < 4.78 is 37.5. The molecule has 1 aliphatic rings. The number of anilines is 1. The number of carbonyl (C=O) groups excluding carboxylic acids is 2. The van der Waals surface area contributed by atoms with Crippen LogP contribution in [0.2, 0.25) is 0 Å². The number of hydrogen-bond acceptors (Lipinski definition) is 6. The van der Waals surface area contributed by atoms with Crippen LogP contribution in [-0.2, 0) is 24.3 Å². The van der Waals surface area contributed by atoms with E-state index in [-0.39, 0.29) is 23.4 Å². The second-order valence-electron chi connectivity index (χ2n) is 6.85. The number of carbonyl (C=O) groups is 2. The maximum absolute atomic E-state index is 13.1. The number of benzene rings is 2. The maximum Gasteiger partial charge on any atom is 0.325 e. The Balaban J connectivity index is 1.76. The van der Waals surface area contributed by atoms with E-state index in [0.717, 1.165) is 0 Å². The van der Waals surface area contributed by atoms with Crippen molar-refractivity contribution in [2.24, 2.45) is 0 Å². The minimum atomic E-state index is -3.72. The first-order chi connectivity index (χ1) is 14.4. The molecule has 1 heterocycles. The molecule has 0 aromatic heterocycles. The number of sulfonamides is 1. The molecule has 8 nitrogen and oxygen atoms in total. The van der Waals surface area contributed by atoms with Crippen molar-refractivity contribution in [3.05, 3.63) is 60.2 Å². The molecule has 0 radical (unpaired) electrons. The van der Waals surface area contributed by atoms with Crippen molar-refractivity contribution < 1.29 is 27.5 Å². The van der Waals surface area contributed by atoms with Crippen molar-refractivity contribution in [2.75, 3.05) is 31.6 Å². The standard InChI is InChI=1S/C21H24N2O6S/c1-28-20(24)15-23(18-11-13-29-14-12-18)21(25)16-7-9-17(10-8-16)22-30(26,27)19-5-3-2-4-6-19/h2-10,18,22H,11-15H2,1H3. The molecule has 3 rings (SSSR count). The molecule has 1 saturated heterocycles. The van der Waals surface area contributed by atoms with Gasteiger partial charge in [0.05, 0.1) is 12.0 Å². The van der Waals surface area contributed by atoms with Gasteiger partial charge in [-0.25, -0.2) is 8.42 Å². The predicted molar refractivity (Wildman–Crippen MR) is 111 cm³/mol. The van der Waals surface area contributed by atoms with Crippen molar-refractivity contribution in [2.45, 2.75) is 23.8 Å². The van der Waals surface area contributed by atoms with Gasteiger partial charge in [-0.05, 0) is 49.2 Å². The molecule has 0 spiro atoms. The van der Waals surface area contributed by atoms with E-state index in [2.05, 4.69) is 4.72 Å². The molecule has 1 fully saturated rings. The van der Waals surface area contributed by atoms with Crippen molar-refractivity contribution in [1.82, 2.24) is 4.90 Å². The van der Waals surface area contributed by atoms with Gasteiger partial charge >= 0.3 is 5.97 Å². The van der Waals surface area contributed by atoms with E-state index >= 15 is 0 Å². The minimum absolute atomic E-state index is 0.124. The highest BCUT2D eigenvalue weighted by atomic mass is 32.2. The Morgan fingerprint density at radius 2 is 1.70 bits per heavy atom. The largest absolute Gasteiger partial charge is 0.468 e. The zero-order chi connectivity index (χ0) is 21.6. The molecule has 2 aromatic rings. The van der Waals surface area contributed by atoms with Gasteiger partial charge in [0.1, 0.15) is 6.54 Å². The molecule has 0 bridgehead atoms. The Morgan fingerprint density at radius 3 is 2.30 bits per heavy atom. The lowest BCUT2D eigenvalue weighted by atomic mass is 10.1. The monoisotopic (exact) mass is 432 g/mol. The van der Waals surface area contributed by atoms with E-state index in [0.29, 0.717) is 37.3 Å². The number of rotatable bonds is 7. The third-order valence-electron chi connectivity index (χ3n) is 4.86. The fraction of sp³-hybridized carbons (Fsp3) is 0.333. The Labute approximate surface area is 175 Å². The van der Waals surface area contributed by atoms with Crippen molar-refractivity contribution in [3.8, 4) is 0 Å². The third kappa shape index (κ3) is 5.37. The zero-order valence-corrected chi connectivity index (χ0v) is 17.4. The molecule has 0 aliphatic carbocycles. The second-order valence-corrected chi connectivity index (χ2v) is 8.53. The molecule has 2 aromatic carbocycles. The number of methoxy groups -OCH3 is 1. The van der Waals surface area contributed by atoms with Gasteiger partial charge in [-0.2, -0.15) is 0 Å². The van der Waals surface area contributed by atoms with Gasteiger partial charge in [0.2, 0.25) is 0 Å². The van der Waals surface area contributed by atoms with E-state index < -0.39 is 16.0 Å². The van der Waals surface area contributed by atoms with Crippen LogP contribution in [0.5, 0.6) is 0 Å². The van der Waals surface area contributed by atoms with Gasteiger partial charge in [-0.1, -0.05) is 18.2 Å². The van der Waals surface area contributed by atoms with Crippen LogP contribution >= 0.6 is 0 Å². The summed E-state index contributed by atoms with van der Waals surface area (Å²) >= 11 is 0. The minimum Gasteiger partial charge on any atom is -0.468 e. The van der Waals surface area contributed by atoms with E-state index in [1.165, 1.54) is 48.4 Å². The summed E-state index contributed by atoms with van der Waals surface area (Å²) in [5, 5.41) is 0. The number of nitrogens with one attached hydrogen (secondary N) is 1. The lowest BCUT2D eigenvalue weighted by Crippen LogP contribution is -2.46. The molecule has 1 amide bonds. The molecular formula is C21H24N2O6S. The van der Waals surface area contributed by atoms with Crippen LogP contribution in [0.25, 0.3) is 0 Å². The summed E-state index contributed by atoms with van der Waals surface area (Å²) in [6.07, 6.45) is 1.27. The third-order valence-corrected chi connectivity index (χ3v) is 6.25. The van der Waals surface area contributed by atoms with Crippen molar-refractivity contribution >= 4 is 27.6 Å². The SMILES string of the molecule is COC(=O)CN(C(=O)c1ccc(NS(=O)(=O)c2ccccc2)cc1)C1CCOCC1. The first-order valence-corrected chi connectivity index (χ1v) is 11.0. The van der Waals surface area contributed by atoms with E-state index in [4.69, 9.17) is 9.47 Å².